The first kappa shape index (κ1) is 19.3. The average molecular weight is 396 g/mol. The summed E-state index contributed by atoms with van der Waals surface area (Å²) in [5.74, 6) is 0.0572. The average Bonchev–Trinajstić information content (AvgIpc) is 3.23. The topological polar surface area (TPSA) is 68.3 Å². The number of hydroxylamine groups is 1. The Bertz CT molecular complexity index is 960. The van der Waals surface area contributed by atoms with Gasteiger partial charge in [-0.2, -0.15) is 0 Å². The van der Waals surface area contributed by atoms with Crippen LogP contribution in [0.3, 0.4) is 0 Å². The molecule has 2 amide bonds. The maximum atomic E-state index is 13.1. The van der Waals surface area contributed by atoms with Crippen molar-refractivity contribution in [1.82, 2.24) is 4.90 Å². The van der Waals surface area contributed by atoms with Crippen molar-refractivity contribution in [3.8, 4) is 11.5 Å². The standard InChI is InChI=1S/C22H24N2O5/c1-5-23-21(25)18-19(15-11-10-14(27-3)12-17(15)28-4)24(29-20(18)22(23)26)16-9-7-6-8-13(16)2/h6-12,18-20H,5H2,1-4H3. The molecule has 0 bridgehead atoms. The van der Waals surface area contributed by atoms with Crippen molar-refractivity contribution in [2.24, 2.45) is 5.92 Å². The number of fused-ring (bicyclic) bond motifs is 1. The molecule has 0 N–H and O–H groups in total. The minimum absolute atomic E-state index is 0.221. The number of hydrogen-bond acceptors (Lipinski definition) is 6. The van der Waals surface area contributed by atoms with E-state index in [-0.39, 0.29) is 11.8 Å². The maximum Gasteiger partial charge on any atom is 0.261 e. The van der Waals surface area contributed by atoms with Crippen LogP contribution in [-0.4, -0.2) is 43.6 Å². The van der Waals surface area contributed by atoms with E-state index in [4.69, 9.17) is 14.3 Å². The molecule has 2 saturated heterocycles. The molecular weight excluding hydrogens is 372 g/mol. The zero-order chi connectivity index (χ0) is 20.7. The number of amides is 2. The van der Waals surface area contributed by atoms with Crippen LogP contribution in [0.4, 0.5) is 5.69 Å². The molecule has 2 fully saturated rings. The van der Waals surface area contributed by atoms with Crippen LogP contribution in [0.5, 0.6) is 11.5 Å². The second-order valence-corrected chi connectivity index (χ2v) is 7.14. The van der Waals surface area contributed by atoms with Crippen LogP contribution < -0.4 is 14.5 Å². The summed E-state index contributed by atoms with van der Waals surface area (Å²) in [5.41, 5.74) is 2.56. The van der Waals surface area contributed by atoms with E-state index < -0.39 is 18.1 Å². The Morgan fingerprint density at radius 1 is 1.03 bits per heavy atom. The van der Waals surface area contributed by atoms with Gasteiger partial charge < -0.3 is 9.47 Å². The fraction of sp³-hybridized carbons (Fsp3) is 0.364. The number of imide groups is 1. The van der Waals surface area contributed by atoms with Gasteiger partial charge >= 0.3 is 0 Å². The van der Waals surface area contributed by atoms with Crippen molar-refractivity contribution in [2.45, 2.75) is 26.0 Å². The molecule has 0 radical (unpaired) electrons. The van der Waals surface area contributed by atoms with Crippen molar-refractivity contribution in [3.63, 3.8) is 0 Å². The quantitative estimate of drug-likeness (QED) is 0.724. The highest BCUT2D eigenvalue weighted by Gasteiger charge is 2.60. The minimum atomic E-state index is -0.848. The number of para-hydroxylation sites is 1. The number of carbonyl (C=O) groups excluding carboxylic acids is 2. The van der Waals surface area contributed by atoms with Crippen molar-refractivity contribution in [3.05, 3.63) is 53.6 Å². The van der Waals surface area contributed by atoms with E-state index in [0.29, 0.717) is 18.0 Å². The van der Waals surface area contributed by atoms with Gasteiger partial charge in [-0.1, -0.05) is 18.2 Å². The third kappa shape index (κ3) is 2.93. The van der Waals surface area contributed by atoms with E-state index in [0.717, 1.165) is 16.8 Å². The number of nitrogens with zero attached hydrogens (tertiary/aromatic N) is 2. The molecule has 29 heavy (non-hydrogen) atoms. The van der Waals surface area contributed by atoms with Crippen LogP contribution in [-0.2, 0) is 14.4 Å². The molecule has 0 aromatic heterocycles. The first-order valence-corrected chi connectivity index (χ1v) is 9.60. The first-order chi connectivity index (χ1) is 14.0. The normalized spacial score (nSPS) is 23.5. The molecule has 0 aliphatic carbocycles. The van der Waals surface area contributed by atoms with E-state index in [1.165, 1.54) is 4.90 Å². The molecule has 7 heteroatoms. The van der Waals surface area contributed by atoms with Gasteiger partial charge in [0.1, 0.15) is 17.4 Å². The summed E-state index contributed by atoms with van der Waals surface area (Å²) in [7, 11) is 3.16. The van der Waals surface area contributed by atoms with Crippen molar-refractivity contribution in [1.29, 1.82) is 0 Å². The second-order valence-electron chi connectivity index (χ2n) is 7.14. The molecule has 0 saturated carbocycles. The summed E-state index contributed by atoms with van der Waals surface area (Å²) in [6, 6.07) is 12.7. The predicted octanol–water partition coefficient (Wildman–Crippen LogP) is 2.88. The molecule has 2 aromatic carbocycles. The lowest BCUT2D eigenvalue weighted by atomic mass is 9.89. The van der Waals surface area contributed by atoms with E-state index in [1.54, 1.807) is 32.3 Å². The fourth-order valence-corrected chi connectivity index (χ4v) is 4.18. The Balaban J connectivity index is 1.87. The highest BCUT2D eigenvalue weighted by molar-refractivity contribution is 6.07. The van der Waals surface area contributed by atoms with Gasteiger partial charge in [-0.15, -0.1) is 0 Å². The van der Waals surface area contributed by atoms with Crippen molar-refractivity contribution < 1.29 is 23.9 Å². The van der Waals surface area contributed by atoms with Crippen LogP contribution in [0, 0.1) is 12.8 Å². The number of likely N-dealkylation sites (tertiary alicyclic amines) is 1. The summed E-state index contributed by atoms with van der Waals surface area (Å²) in [5, 5.41) is 1.69. The van der Waals surface area contributed by atoms with E-state index >= 15 is 0 Å². The monoisotopic (exact) mass is 396 g/mol. The number of likely N-dealkylation sites (N-methyl/N-ethyl adjacent to an activating group) is 1. The van der Waals surface area contributed by atoms with Gasteiger partial charge in [0.05, 0.1) is 25.9 Å². The zero-order valence-corrected chi connectivity index (χ0v) is 16.9. The predicted molar refractivity (Wildman–Crippen MR) is 107 cm³/mol. The maximum absolute atomic E-state index is 13.1. The van der Waals surface area contributed by atoms with E-state index in [9.17, 15) is 9.59 Å². The number of hydrogen-bond donors (Lipinski definition) is 0. The van der Waals surface area contributed by atoms with Crippen molar-refractivity contribution >= 4 is 17.5 Å². The van der Waals surface area contributed by atoms with Crippen LogP contribution in [0.15, 0.2) is 42.5 Å². The van der Waals surface area contributed by atoms with E-state index in [2.05, 4.69) is 0 Å². The Hall–Kier alpha value is -3.06. The number of carbonyl (C=O) groups is 2. The van der Waals surface area contributed by atoms with Crippen LogP contribution >= 0.6 is 0 Å². The lowest BCUT2D eigenvalue weighted by Crippen LogP contribution is -2.37. The molecule has 2 aliphatic heterocycles. The molecule has 2 heterocycles. The lowest BCUT2D eigenvalue weighted by Gasteiger charge is -2.30. The zero-order valence-electron chi connectivity index (χ0n) is 16.9. The molecule has 152 valence electrons. The summed E-state index contributed by atoms with van der Waals surface area (Å²) in [4.78, 5) is 33.3. The summed E-state index contributed by atoms with van der Waals surface area (Å²) in [6.07, 6.45) is -0.848. The number of anilines is 1. The number of methoxy groups -OCH3 is 2. The fourth-order valence-electron chi connectivity index (χ4n) is 4.18. The SMILES string of the molecule is CCN1C(=O)C2ON(c3ccccc3C)C(c3ccc(OC)cc3OC)C2C1=O. The number of benzene rings is 2. The third-order valence-corrected chi connectivity index (χ3v) is 5.64. The molecular formula is C22H24N2O5. The summed E-state index contributed by atoms with van der Waals surface area (Å²) < 4.78 is 10.9. The van der Waals surface area contributed by atoms with Crippen LogP contribution in [0.1, 0.15) is 24.1 Å². The molecule has 3 unspecified atom stereocenters. The lowest BCUT2D eigenvalue weighted by molar-refractivity contribution is -0.142. The molecule has 7 nitrogen and oxygen atoms in total. The van der Waals surface area contributed by atoms with Gasteiger partial charge in [-0.3, -0.25) is 19.3 Å². The number of ether oxygens (including phenoxy) is 2. The summed E-state index contributed by atoms with van der Waals surface area (Å²) >= 11 is 0. The number of rotatable bonds is 5. The highest BCUT2D eigenvalue weighted by Crippen LogP contribution is 2.49. The molecule has 2 aliphatic rings. The second kappa shape index (κ2) is 7.40. The van der Waals surface area contributed by atoms with Gasteiger partial charge in [0, 0.05) is 18.2 Å². The van der Waals surface area contributed by atoms with Gasteiger partial charge in [0.2, 0.25) is 5.91 Å². The minimum Gasteiger partial charge on any atom is -0.497 e. The molecule has 2 aromatic rings. The van der Waals surface area contributed by atoms with Gasteiger partial charge in [0.15, 0.2) is 6.10 Å². The third-order valence-electron chi connectivity index (χ3n) is 5.64. The number of aryl methyl sites for hydroxylation is 1. The summed E-state index contributed by atoms with van der Waals surface area (Å²) in [6.45, 7) is 4.08. The van der Waals surface area contributed by atoms with Gasteiger partial charge in [0.25, 0.3) is 5.91 Å². The Kier molecular flexibility index (Phi) is 4.92. The van der Waals surface area contributed by atoms with Crippen LogP contribution in [0.2, 0.25) is 0 Å². The van der Waals surface area contributed by atoms with Gasteiger partial charge in [-0.05, 0) is 37.6 Å². The van der Waals surface area contributed by atoms with Crippen molar-refractivity contribution in [2.75, 3.05) is 25.8 Å². The Morgan fingerprint density at radius 2 is 1.79 bits per heavy atom. The molecule has 3 atom stereocenters. The molecule has 0 spiro atoms. The highest BCUT2D eigenvalue weighted by atomic mass is 16.7. The van der Waals surface area contributed by atoms with E-state index in [1.807, 2.05) is 43.3 Å². The van der Waals surface area contributed by atoms with Gasteiger partial charge in [-0.25, -0.2) is 5.06 Å². The first-order valence-electron chi connectivity index (χ1n) is 9.60. The largest absolute Gasteiger partial charge is 0.497 e. The smallest absolute Gasteiger partial charge is 0.261 e. The Labute approximate surface area is 169 Å². The Morgan fingerprint density at radius 3 is 2.45 bits per heavy atom. The van der Waals surface area contributed by atoms with Crippen LogP contribution in [0.25, 0.3) is 0 Å². The molecule has 4 rings (SSSR count).